The third kappa shape index (κ3) is 3.31. The van der Waals surface area contributed by atoms with E-state index in [2.05, 4.69) is 32.9 Å². The highest BCUT2D eigenvalue weighted by Crippen LogP contribution is 2.12. The first kappa shape index (κ1) is 14.0. The van der Waals surface area contributed by atoms with E-state index in [4.69, 9.17) is 0 Å². The standard InChI is InChI=1S/C13H18N6O/c1-4-7-14-12-6-5-10(16-17-12)13(20)15-11-8-19(3)18-9(11)2/h5-6,8H,4,7H2,1-3H3,(H,14,17)(H,15,20). The Hall–Kier alpha value is -2.44. The molecule has 2 aromatic rings. The van der Waals surface area contributed by atoms with E-state index < -0.39 is 0 Å². The molecule has 0 aliphatic rings. The monoisotopic (exact) mass is 274 g/mol. The lowest BCUT2D eigenvalue weighted by molar-refractivity contribution is 0.102. The minimum absolute atomic E-state index is 0.273. The maximum absolute atomic E-state index is 12.0. The van der Waals surface area contributed by atoms with E-state index in [-0.39, 0.29) is 11.6 Å². The van der Waals surface area contributed by atoms with E-state index in [1.165, 1.54) is 0 Å². The molecular formula is C13H18N6O. The summed E-state index contributed by atoms with van der Waals surface area (Å²) in [5.41, 5.74) is 1.71. The molecule has 0 bridgehead atoms. The molecule has 0 aromatic carbocycles. The van der Waals surface area contributed by atoms with Gasteiger partial charge in [-0.25, -0.2) is 0 Å². The zero-order chi connectivity index (χ0) is 14.5. The Morgan fingerprint density at radius 2 is 2.15 bits per heavy atom. The van der Waals surface area contributed by atoms with Crippen molar-refractivity contribution in [3.8, 4) is 0 Å². The number of carbonyl (C=O) groups is 1. The molecule has 0 fully saturated rings. The quantitative estimate of drug-likeness (QED) is 0.865. The van der Waals surface area contributed by atoms with Crippen molar-refractivity contribution in [1.82, 2.24) is 20.0 Å². The molecule has 0 unspecified atom stereocenters. The molecule has 2 rings (SSSR count). The molecule has 0 saturated carbocycles. The van der Waals surface area contributed by atoms with Crippen molar-refractivity contribution >= 4 is 17.4 Å². The van der Waals surface area contributed by atoms with Gasteiger partial charge in [0, 0.05) is 19.8 Å². The second kappa shape index (κ2) is 6.14. The van der Waals surface area contributed by atoms with E-state index in [0.717, 1.165) is 18.7 Å². The first-order valence-electron chi connectivity index (χ1n) is 6.49. The van der Waals surface area contributed by atoms with Crippen LogP contribution in [0.25, 0.3) is 0 Å². The lowest BCUT2D eigenvalue weighted by Crippen LogP contribution is -2.15. The molecule has 2 N–H and O–H groups in total. The fourth-order valence-electron chi connectivity index (χ4n) is 1.71. The summed E-state index contributed by atoms with van der Waals surface area (Å²) in [5.74, 6) is 0.372. The summed E-state index contributed by atoms with van der Waals surface area (Å²) < 4.78 is 1.65. The number of aromatic nitrogens is 4. The summed E-state index contributed by atoms with van der Waals surface area (Å²) in [7, 11) is 1.80. The van der Waals surface area contributed by atoms with Crippen LogP contribution >= 0.6 is 0 Å². The molecule has 2 heterocycles. The minimum Gasteiger partial charge on any atom is -0.369 e. The highest BCUT2D eigenvalue weighted by Gasteiger charge is 2.11. The number of carbonyl (C=O) groups excluding carboxylic acids is 1. The van der Waals surface area contributed by atoms with Crippen LogP contribution in [0.1, 0.15) is 29.5 Å². The average Bonchev–Trinajstić information content (AvgIpc) is 2.75. The molecule has 0 saturated heterocycles. The van der Waals surface area contributed by atoms with Gasteiger partial charge in [-0.05, 0) is 25.5 Å². The van der Waals surface area contributed by atoms with Gasteiger partial charge in [-0.15, -0.1) is 10.2 Å². The molecule has 106 valence electrons. The summed E-state index contributed by atoms with van der Waals surface area (Å²) in [4.78, 5) is 12.0. The molecule has 7 nitrogen and oxygen atoms in total. The summed E-state index contributed by atoms with van der Waals surface area (Å²) in [5, 5.41) is 17.9. The third-order valence-electron chi connectivity index (χ3n) is 2.71. The van der Waals surface area contributed by atoms with Gasteiger partial charge in [-0.1, -0.05) is 6.92 Å². The number of anilines is 2. The van der Waals surface area contributed by atoms with Gasteiger partial charge in [0.25, 0.3) is 5.91 Å². The number of amides is 1. The minimum atomic E-state index is -0.296. The summed E-state index contributed by atoms with van der Waals surface area (Å²) in [6.45, 7) is 4.73. The Bertz CT molecular complexity index is 589. The summed E-state index contributed by atoms with van der Waals surface area (Å²) >= 11 is 0. The van der Waals surface area contributed by atoms with Crippen LogP contribution in [0.5, 0.6) is 0 Å². The molecule has 20 heavy (non-hydrogen) atoms. The fraction of sp³-hybridized carbons (Fsp3) is 0.385. The highest BCUT2D eigenvalue weighted by atomic mass is 16.1. The van der Waals surface area contributed by atoms with Crippen LogP contribution in [-0.4, -0.2) is 32.4 Å². The van der Waals surface area contributed by atoms with Gasteiger partial charge in [-0.3, -0.25) is 9.48 Å². The van der Waals surface area contributed by atoms with Crippen LogP contribution in [0.4, 0.5) is 11.5 Å². The predicted molar refractivity (Wildman–Crippen MR) is 76.7 cm³/mol. The lowest BCUT2D eigenvalue weighted by Gasteiger charge is -2.04. The van der Waals surface area contributed by atoms with Crippen molar-refractivity contribution in [1.29, 1.82) is 0 Å². The van der Waals surface area contributed by atoms with Crippen molar-refractivity contribution < 1.29 is 4.79 Å². The number of aryl methyl sites for hydroxylation is 2. The van der Waals surface area contributed by atoms with Crippen molar-refractivity contribution in [2.75, 3.05) is 17.2 Å². The van der Waals surface area contributed by atoms with E-state index in [1.54, 1.807) is 30.1 Å². The Morgan fingerprint density at radius 1 is 1.35 bits per heavy atom. The van der Waals surface area contributed by atoms with Gasteiger partial charge in [0.1, 0.15) is 5.82 Å². The number of rotatable bonds is 5. The van der Waals surface area contributed by atoms with Crippen LogP contribution in [0.2, 0.25) is 0 Å². The number of nitrogens with one attached hydrogen (secondary N) is 2. The third-order valence-corrected chi connectivity index (χ3v) is 2.71. The van der Waals surface area contributed by atoms with Crippen LogP contribution < -0.4 is 10.6 Å². The largest absolute Gasteiger partial charge is 0.369 e. The molecule has 0 aliphatic carbocycles. The summed E-state index contributed by atoms with van der Waals surface area (Å²) in [6.07, 6.45) is 2.75. The first-order chi connectivity index (χ1) is 9.60. The van der Waals surface area contributed by atoms with Crippen molar-refractivity contribution in [3.05, 3.63) is 29.7 Å². The topological polar surface area (TPSA) is 84.7 Å². The van der Waals surface area contributed by atoms with Crippen LogP contribution in [-0.2, 0) is 7.05 Å². The Labute approximate surface area is 117 Å². The van der Waals surface area contributed by atoms with E-state index in [0.29, 0.717) is 11.5 Å². The predicted octanol–water partition coefficient (Wildman–Crippen LogP) is 1.59. The second-order valence-corrected chi connectivity index (χ2v) is 4.49. The highest BCUT2D eigenvalue weighted by molar-refractivity contribution is 6.03. The molecule has 0 spiro atoms. The number of hydrogen-bond donors (Lipinski definition) is 2. The van der Waals surface area contributed by atoms with Gasteiger partial charge in [0.05, 0.1) is 11.4 Å². The van der Waals surface area contributed by atoms with Crippen LogP contribution in [0, 0.1) is 6.92 Å². The Balaban J connectivity index is 2.04. The SMILES string of the molecule is CCCNc1ccc(C(=O)Nc2cn(C)nc2C)nn1. The van der Waals surface area contributed by atoms with Gasteiger partial charge in [-0.2, -0.15) is 5.10 Å². The number of hydrogen-bond acceptors (Lipinski definition) is 5. The molecule has 7 heteroatoms. The van der Waals surface area contributed by atoms with E-state index in [1.807, 2.05) is 6.92 Å². The lowest BCUT2D eigenvalue weighted by atomic mass is 10.3. The smallest absolute Gasteiger partial charge is 0.276 e. The van der Waals surface area contributed by atoms with Gasteiger partial charge in [0.15, 0.2) is 5.69 Å². The second-order valence-electron chi connectivity index (χ2n) is 4.49. The van der Waals surface area contributed by atoms with Crippen molar-refractivity contribution in [3.63, 3.8) is 0 Å². The van der Waals surface area contributed by atoms with Crippen molar-refractivity contribution in [2.45, 2.75) is 20.3 Å². The van der Waals surface area contributed by atoms with Gasteiger partial charge in [0.2, 0.25) is 0 Å². The zero-order valence-electron chi connectivity index (χ0n) is 11.8. The molecule has 0 atom stereocenters. The van der Waals surface area contributed by atoms with Crippen molar-refractivity contribution in [2.24, 2.45) is 7.05 Å². The Morgan fingerprint density at radius 3 is 2.70 bits per heavy atom. The van der Waals surface area contributed by atoms with E-state index >= 15 is 0 Å². The molecule has 1 amide bonds. The Kier molecular flexibility index (Phi) is 4.29. The maximum Gasteiger partial charge on any atom is 0.276 e. The molecule has 0 radical (unpaired) electrons. The molecular weight excluding hydrogens is 256 g/mol. The van der Waals surface area contributed by atoms with Crippen LogP contribution in [0.3, 0.4) is 0 Å². The first-order valence-corrected chi connectivity index (χ1v) is 6.49. The summed E-state index contributed by atoms with van der Waals surface area (Å²) in [6, 6.07) is 3.39. The molecule has 2 aromatic heterocycles. The maximum atomic E-state index is 12.0. The number of nitrogens with zero attached hydrogens (tertiary/aromatic N) is 4. The van der Waals surface area contributed by atoms with Gasteiger partial charge < -0.3 is 10.6 Å². The molecule has 0 aliphatic heterocycles. The average molecular weight is 274 g/mol. The van der Waals surface area contributed by atoms with Gasteiger partial charge >= 0.3 is 0 Å². The fourth-order valence-corrected chi connectivity index (χ4v) is 1.71. The van der Waals surface area contributed by atoms with E-state index in [9.17, 15) is 4.79 Å². The normalized spacial score (nSPS) is 10.3. The van der Waals surface area contributed by atoms with Crippen LogP contribution in [0.15, 0.2) is 18.3 Å². The zero-order valence-corrected chi connectivity index (χ0v) is 11.8.